The third-order valence-corrected chi connectivity index (χ3v) is 6.06. The normalized spacial score (nSPS) is 15.3. The van der Waals surface area contributed by atoms with Crippen LogP contribution in [0.5, 0.6) is 0 Å². The Labute approximate surface area is 195 Å². The summed E-state index contributed by atoms with van der Waals surface area (Å²) in [6.07, 6.45) is -2.64. The van der Waals surface area contributed by atoms with Gasteiger partial charge in [0.1, 0.15) is 0 Å². The molecule has 0 saturated heterocycles. The largest absolute Gasteiger partial charge is 0.418 e. The van der Waals surface area contributed by atoms with Crippen LogP contribution in [-0.4, -0.2) is 15.5 Å². The maximum Gasteiger partial charge on any atom is 0.418 e. The lowest BCUT2D eigenvalue weighted by Gasteiger charge is -2.31. The molecule has 2 heterocycles. The minimum atomic E-state index is -4.58. The van der Waals surface area contributed by atoms with E-state index >= 15 is 0 Å². The van der Waals surface area contributed by atoms with E-state index in [-0.39, 0.29) is 12.2 Å². The molecule has 1 aromatic heterocycles. The maximum atomic E-state index is 13.6. The first kappa shape index (κ1) is 21.8. The molecule has 0 fully saturated rings. The van der Waals surface area contributed by atoms with Gasteiger partial charge in [0.05, 0.1) is 29.5 Å². The highest BCUT2D eigenvalue weighted by Crippen LogP contribution is 2.38. The number of carbonyl (C=O) groups excluding carboxylic acids is 1. The smallest absolute Gasteiger partial charge is 0.318 e. The van der Waals surface area contributed by atoms with Crippen LogP contribution in [0.1, 0.15) is 34.0 Å². The van der Waals surface area contributed by atoms with E-state index in [1.807, 2.05) is 78.4 Å². The summed E-state index contributed by atoms with van der Waals surface area (Å²) < 4.78 is 42.8. The van der Waals surface area contributed by atoms with Crippen molar-refractivity contribution in [3.63, 3.8) is 0 Å². The van der Waals surface area contributed by atoms with E-state index < -0.39 is 23.8 Å². The van der Waals surface area contributed by atoms with Crippen LogP contribution in [0.4, 0.5) is 23.7 Å². The van der Waals surface area contributed by atoms with Gasteiger partial charge >= 0.3 is 12.2 Å². The van der Waals surface area contributed by atoms with Gasteiger partial charge in [0, 0.05) is 11.9 Å². The topological polar surface area (TPSA) is 37.3 Å². The molecule has 1 unspecified atom stereocenters. The Bertz CT molecular complexity index is 1360. The number of nitrogens with zero attached hydrogens (tertiary/aromatic N) is 2. The quantitative estimate of drug-likeness (QED) is 0.345. The molecule has 4 aromatic rings. The van der Waals surface area contributed by atoms with Crippen LogP contribution in [0.15, 0.2) is 91.1 Å². The van der Waals surface area contributed by atoms with Gasteiger partial charge in [-0.15, -0.1) is 0 Å². The number of carbonyl (C=O) groups is 1. The van der Waals surface area contributed by atoms with Gasteiger partial charge in [0.2, 0.25) is 0 Å². The zero-order chi connectivity index (χ0) is 23.9. The van der Waals surface area contributed by atoms with Crippen molar-refractivity contribution >= 4 is 11.7 Å². The molecule has 3 aromatic carbocycles. The Hall–Kier alpha value is -4.00. The maximum absolute atomic E-state index is 13.6. The Morgan fingerprint density at radius 3 is 2.50 bits per heavy atom. The van der Waals surface area contributed by atoms with E-state index in [1.165, 1.54) is 18.2 Å². The molecule has 7 heteroatoms. The van der Waals surface area contributed by atoms with Crippen molar-refractivity contribution in [1.29, 1.82) is 0 Å². The summed E-state index contributed by atoms with van der Waals surface area (Å²) >= 11 is 0. The summed E-state index contributed by atoms with van der Waals surface area (Å²) in [5.74, 6) is 0. The van der Waals surface area contributed by atoms with Crippen LogP contribution in [0.25, 0.3) is 5.69 Å². The molecule has 0 aliphatic carbocycles. The first-order valence-electron chi connectivity index (χ1n) is 10.9. The first-order chi connectivity index (χ1) is 16.3. The molecule has 0 bridgehead atoms. The van der Waals surface area contributed by atoms with Gasteiger partial charge in [-0.25, -0.2) is 4.79 Å². The zero-order valence-corrected chi connectivity index (χ0v) is 18.4. The zero-order valence-electron chi connectivity index (χ0n) is 18.4. The predicted molar refractivity (Wildman–Crippen MR) is 125 cm³/mol. The molecule has 1 aliphatic rings. The molecule has 5 rings (SSSR count). The monoisotopic (exact) mass is 461 g/mol. The van der Waals surface area contributed by atoms with Gasteiger partial charge in [-0.1, -0.05) is 60.2 Å². The fourth-order valence-electron chi connectivity index (χ4n) is 4.56. The number of rotatable bonds is 2. The number of aryl methyl sites for hydroxylation is 1. The second kappa shape index (κ2) is 8.41. The molecule has 1 atom stereocenters. The van der Waals surface area contributed by atoms with Gasteiger partial charge in [0.25, 0.3) is 0 Å². The number of para-hydroxylation sites is 2. The number of hydrogen-bond donors (Lipinski definition) is 1. The molecular formula is C27H22F3N3O. The third-order valence-electron chi connectivity index (χ3n) is 6.06. The summed E-state index contributed by atoms with van der Waals surface area (Å²) in [6.45, 7) is 2.20. The van der Waals surface area contributed by atoms with E-state index in [4.69, 9.17) is 0 Å². The lowest BCUT2D eigenvalue weighted by Crippen LogP contribution is -2.38. The van der Waals surface area contributed by atoms with Crippen LogP contribution in [-0.2, 0) is 12.7 Å². The minimum absolute atomic E-state index is 0.233. The summed E-state index contributed by atoms with van der Waals surface area (Å²) in [5, 5.41) is 2.54. The summed E-state index contributed by atoms with van der Waals surface area (Å²) in [5.41, 5.74) is 3.45. The Morgan fingerprint density at radius 2 is 1.71 bits per heavy atom. The van der Waals surface area contributed by atoms with Crippen molar-refractivity contribution in [3.05, 3.63) is 119 Å². The molecule has 172 valence electrons. The second-order valence-electron chi connectivity index (χ2n) is 8.35. The lowest BCUT2D eigenvalue weighted by atomic mass is 10.00. The van der Waals surface area contributed by atoms with E-state index in [0.717, 1.165) is 34.1 Å². The SMILES string of the molecule is Cc1cccc(C2c3cccn3-c3ccccc3CN2C(=O)Nc2ccccc2C(F)(F)F)c1. The van der Waals surface area contributed by atoms with Crippen molar-refractivity contribution < 1.29 is 18.0 Å². The summed E-state index contributed by atoms with van der Waals surface area (Å²) in [7, 11) is 0. The van der Waals surface area contributed by atoms with E-state index in [9.17, 15) is 18.0 Å². The van der Waals surface area contributed by atoms with Gasteiger partial charge in [-0.2, -0.15) is 13.2 Å². The molecular weight excluding hydrogens is 439 g/mol. The molecule has 2 amide bonds. The number of urea groups is 1. The highest BCUT2D eigenvalue weighted by Gasteiger charge is 2.36. The lowest BCUT2D eigenvalue weighted by molar-refractivity contribution is -0.136. The van der Waals surface area contributed by atoms with E-state index in [0.29, 0.717) is 0 Å². The Balaban J connectivity index is 1.63. The van der Waals surface area contributed by atoms with E-state index in [1.54, 1.807) is 4.90 Å². The molecule has 34 heavy (non-hydrogen) atoms. The second-order valence-corrected chi connectivity index (χ2v) is 8.35. The molecule has 0 saturated carbocycles. The van der Waals surface area contributed by atoms with Crippen LogP contribution in [0.3, 0.4) is 0 Å². The van der Waals surface area contributed by atoms with Crippen molar-refractivity contribution in [2.45, 2.75) is 25.7 Å². The number of aromatic nitrogens is 1. The van der Waals surface area contributed by atoms with Gasteiger partial charge in [-0.05, 0) is 48.4 Å². The predicted octanol–water partition coefficient (Wildman–Crippen LogP) is 6.94. The van der Waals surface area contributed by atoms with Crippen LogP contribution < -0.4 is 5.32 Å². The summed E-state index contributed by atoms with van der Waals surface area (Å²) in [6, 6.07) is 23.3. The highest BCUT2D eigenvalue weighted by atomic mass is 19.4. The third kappa shape index (κ3) is 3.94. The van der Waals surface area contributed by atoms with Crippen LogP contribution >= 0.6 is 0 Å². The standard InChI is InChI=1S/C27H22F3N3O/c1-18-8-6-10-19(16-18)25-24-14-7-15-32(24)23-13-5-2-9-20(23)17-33(25)26(34)31-22-12-4-3-11-21(22)27(28,29)30/h2-16,25H,17H2,1H3,(H,31,34). The van der Waals surface area contributed by atoms with Crippen molar-refractivity contribution in [1.82, 2.24) is 9.47 Å². The number of halogens is 3. The number of hydrogen-bond acceptors (Lipinski definition) is 1. The van der Waals surface area contributed by atoms with Crippen molar-refractivity contribution in [2.75, 3.05) is 5.32 Å². The van der Waals surface area contributed by atoms with Crippen LogP contribution in [0, 0.1) is 6.92 Å². The minimum Gasteiger partial charge on any atom is -0.318 e. The molecule has 4 nitrogen and oxygen atoms in total. The number of benzene rings is 3. The van der Waals surface area contributed by atoms with Crippen LogP contribution in [0.2, 0.25) is 0 Å². The summed E-state index contributed by atoms with van der Waals surface area (Å²) in [4.78, 5) is 15.2. The van der Waals surface area contributed by atoms with Gasteiger partial charge in [0.15, 0.2) is 0 Å². The number of fused-ring (bicyclic) bond motifs is 3. The molecule has 0 radical (unpaired) electrons. The highest BCUT2D eigenvalue weighted by molar-refractivity contribution is 5.91. The fourth-order valence-corrected chi connectivity index (χ4v) is 4.56. The number of nitrogens with one attached hydrogen (secondary N) is 1. The first-order valence-corrected chi connectivity index (χ1v) is 10.9. The molecule has 1 N–H and O–H groups in total. The Morgan fingerprint density at radius 1 is 0.941 bits per heavy atom. The number of anilines is 1. The Kier molecular flexibility index (Phi) is 5.40. The van der Waals surface area contributed by atoms with Crippen molar-refractivity contribution in [3.8, 4) is 5.69 Å². The fraction of sp³-hybridized carbons (Fsp3) is 0.148. The molecule has 1 aliphatic heterocycles. The number of alkyl halides is 3. The van der Waals surface area contributed by atoms with Gasteiger partial charge in [-0.3, -0.25) is 0 Å². The number of amides is 2. The van der Waals surface area contributed by atoms with E-state index in [2.05, 4.69) is 5.32 Å². The van der Waals surface area contributed by atoms with Gasteiger partial charge < -0.3 is 14.8 Å². The average Bonchev–Trinajstić information content (AvgIpc) is 3.23. The van der Waals surface area contributed by atoms with Crippen molar-refractivity contribution in [2.24, 2.45) is 0 Å². The molecule has 0 spiro atoms. The average molecular weight is 461 g/mol.